The lowest BCUT2D eigenvalue weighted by atomic mass is 10.1. The Labute approximate surface area is 190 Å². The molecule has 1 saturated heterocycles. The van der Waals surface area contributed by atoms with Crippen LogP contribution in [0.4, 0.5) is 10.5 Å². The van der Waals surface area contributed by atoms with Crippen molar-refractivity contribution in [1.82, 2.24) is 20.5 Å². The van der Waals surface area contributed by atoms with Gasteiger partial charge in [-0.05, 0) is 30.3 Å². The van der Waals surface area contributed by atoms with Gasteiger partial charge >= 0.3 is 6.03 Å². The average Bonchev–Trinajstić information content (AvgIpc) is 2.77. The second kappa shape index (κ2) is 10.5. The summed E-state index contributed by atoms with van der Waals surface area (Å²) >= 11 is 12.2. The Morgan fingerprint density at radius 3 is 2.35 bits per heavy atom. The Morgan fingerprint density at radius 2 is 1.74 bits per heavy atom. The predicted molar refractivity (Wildman–Crippen MR) is 120 cm³/mol. The minimum atomic E-state index is -0.669. The number of piperazine rings is 1. The number of benzene rings is 1. The predicted octanol–water partition coefficient (Wildman–Crippen LogP) is 2.81. The first-order valence-electron chi connectivity index (χ1n) is 9.83. The van der Waals surface area contributed by atoms with Gasteiger partial charge in [0.1, 0.15) is 5.69 Å². The summed E-state index contributed by atoms with van der Waals surface area (Å²) < 4.78 is 0. The largest absolute Gasteiger partial charge is 0.368 e. The van der Waals surface area contributed by atoms with Crippen LogP contribution in [-0.2, 0) is 4.79 Å². The molecule has 1 aliphatic rings. The van der Waals surface area contributed by atoms with Crippen molar-refractivity contribution in [3.63, 3.8) is 0 Å². The molecular formula is C21H23Cl2N5O3. The van der Waals surface area contributed by atoms with Gasteiger partial charge in [0.25, 0.3) is 5.91 Å². The summed E-state index contributed by atoms with van der Waals surface area (Å²) in [5, 5.41) is 5.90. The Balaban J connectivity index is 1.44. The Morgan fingerprint density at radius 1 is 1.06 bits per heavy atom. The van der Waals surface area contributed by atoms with Crippen LogP contribution in [0.1, 0.15) is 17.4 Å². The molecule has 0 spiro atoms. The molecule has 8 nitrogen and oxygen atoms in total. The number of urea groups is 1. The van der Waals surface area contributed by atoms with Gasteiger partial charge in [-0.25, -0.2) is 4.79 Å². The van der Waals surface area contributed by atoms with Gasteiger partial charge in [-0.3, -0.25) is 19.9 Å². The molecule has 1 aromatic heterocycles. The number of hydrogen-bond donors (Lipinski definition) is 2. The van der Waals surface area contributed by atoms with Crippen molar-refractivity contribution >= 4 is 46.7 Å². The Kier molecular flexibility index (Phi) is 7.70. The average molecular weight is 464 g/mol. The van der Waals surface area contributed by atoms with Crippen LogP contribution in [0.15, 0.2) is 42.6 Å². The molecule has 0 bridgehead atoms. The van der Waals surface area contributed by atoms with E-state index in [1.54, 1.807) is 30.0 Å². The maximum atomic E-state index is 12.7. The standard InChI is InChI=1S/C21H23Cl2N5O3/c1-14(13-25-21(31)26-19(29)18-4-2-3-5-24-18)20(30)28-8-6-27(7-9-28)17-11-15(22)10-16(23)12-17/h2-5,10-12,14H,6-9,13H2,1H3,(H2,25,26,29,31). The third-order valence-electron chi connectivity index (χ3n) is 4.92. The van der Waals surface area contributed by atoms with Crippen LogP contribution in [0.5, 0.6) is 0 Å². The number of aromatic nitrogens is 1. The van der Waals surface area contributed by atoms with E-state index in [-0.39, 0.29) is 18.1 Å². The fraction of sp³-hybridized carbons (Fsp3) is 0.333. The van der Waals surface area contributed by atoms with Gasteiger partial charge in [0.05, 0.1) is 5.92 Å². The normalized spacial score (nSPS) is 14.7. The third kappa shape index (κ3) is 6.32. The molecule has 4 amide bonds. The molecule has 164 valence electrons. The van der Waals surface area contributed by atoms with Crippen molar-refractivity contribution in [1.29, 1.82) is 0 Å². The molecule has 31 heavy (non-hydrogen) atoms. The molecule has 1 aromatic carbocycles. The van der Waals surface area contributed by atoms with E-state index in [4.69, 9.17) is 23.2 Å². The molecule has 3 rings (SSSR count). The Hall–Kier alpha value is -2.84. The van der Waals surface area contributed by atoms with E-state index in [9.17, 15) is 14.4 Å². The van der Waals surface area contributed by atoms with E-state index in [2.05, 4.69) is 20.5 Å². The lowest BCUT2D eigenvalue weighted by molar-refractivity contribution is -0.135. The van der Waals surface area contributed by atoms with E-state index >= 15 is 0 Å². The highest BCUT2D eigenvalue weighted by Gasteiger charge is 2.25. The van der Waals surface area contributed by atoms with Gasteiger partial charge in [-0.1, -0.05) is 36.2 Å². The van der Waals surface area contributed by atoms with E-state index < -0.39 is 17.9 Å². The van der Waals surface area contributed by atoms with Crippen molar-refractivity contribution in [3.8, 4) is 0 Å². The second-order valence-corrected chi connectivity index (χ2v) is 8.09. The second-order valence-electron chi connectivity index (χ2n) is 7.22. The van der Waals surface area contributed by atoms with E-state index in [0.717, 1.165) is 5.69 Å². The minimum Gasteiger partial charge on any atom is -0.368 e. The molecule has 2 heterocycles. The molecule has 1 fully saturated rings. The summed E-state index contributed by atoms with van der Waals surface area (Å²) in [5.74, 6) is -1.09. The highest BCUT2D eigenvalue weighted by Crippen LogP contribution is 2.26. The number of pyridine rings is 1. The van der Waals surface area contributed by atoms with E-state index in [0.29, 0.717) is 36.2 Å². The summed E-state index contributed by atoms with van der Waals surface area (Å²) in [4.78, 5) is 44.4. The first-order chi connectivity index (χ1) is 14.8. The smallest absolute Gasteiger partial charge is 0.321 e. The lowest BCUT2D eigenvalue weighted by Gasteiger charge is -2.37. The number of nitrogens with zero attached hydrogens (tertiary/aromatic N) is 3. The molecule has 1 atom stereocenters. The van der Waals surface area contributed by atoms with Crippen molar-refractivity contribution in [2.45, 2.75) is 6.92 Å². The topological polar surface area (TPSA) is 94.6 Å². The molecule has 2 N–H and O–H groups in total. The maximum Gasteiger partial charge on any atom is 0.321 e. The fourth-order valence-corrected chi connectivity index (χ4v) is 3.77. The first-order valence-corrected chi connectivity index (χ1v) is 10.6. The number of imide groups is 1. The van der Waals surface area contributed by atoms with Crippen molar-refractivity contribution < 1.29 is 14.4 Å². The number of nitrogens with one attached hydrogen (secondary N) is 2. The van der Waals surface area contributed by atoms with Crippen LogP contribution < -0.4 is 15.5 Å². The highest BCUT2D eigenvalue weighted by molar-refractivity contribution is 6.35. The zero-order valence-corrected chi connectivity index (χ0v) is 18.5. The zero-order chi connectivity index (χ0) is 22.4. The monoisotopic (exact) mass is 463 g/mol. The van der Waals surface area contributed by atoms with Crippen LogP contribution >= 0.6 is 23.2 Å². The molecule has 0 saturated carbocycles. The van der Waals surface area contributed by atoms with Gasteiger partial charge in [-0.2, -0.15) is 0 Å². The molecule has 10 heteroatoms. The number of carbonyl (C=O) groups excluding carboxylic acids is 3. The highest BCUT2D eigenvalue weighted by atomic mass is 35.5. The van der Waals surface area contributed by atoms with Crippen molar-refractivity contribution in [2.75, 3.05) is 37.6 Å². The third-order valence-corrected chi connectivity index (χ3v) is 5.36. The van der Waals surface area contributed by atoms with E-state index in [1.807, 2.05) is 12.1 Å². The van der Waals surface area contributed by atoms with Crippen molar-refractivity contribution in [2.24, 2.45) is 5.92 Å². The number of carbonyl (C=O) groups is 3. The molecule has 1 aliphatic heterocycles. The van der Waals surface area contributed by atoms with Gasteiger partial charge < -0.3 is 15.1 Å². The van der Waals surface area contributed by atoms with Crippen LogP contribution in [0.3, 0.4) is 0 Å². The summed E-state index contributed by atoms with van der Waals surface area (Å²) in [6.07, 6.45) is 1.47. The van der Waals surface area contributed by atoms with Crippen LogP contribution in [-0.4, -0.2) is 60.5 Å². The molecule has 0 radical (unpaired) electrons. The van der Waals surface area contributed by atoms with Gasteiger partial charge in [0, 0.05) is 54.7 Å². The van der Waals surface area contributed by atoms with Crippen LogP contribution in [0, 0.1) is 5.92 Å². The van der Waals surface area contributed by atoms with Gasteiger partial charge in [0.2, 0.25) is 5.91 Å². The van der Waals surface area contributed by atoms with Gasteiger partial charge in [-0.15, -0.1) is 0 Å². The number of amides is 4. The lowest BCUT2D eigenvalue weighted by Crippen LogP contribution is -2.51. The van der Waals surface area contributed by atoms with Crippen molar-refractivity contribution in [3.05, 3.63) is 58.3 Å². The number of hydrogen-bond acceptors (Lipinski definition) is 5. The molecular weight excluding hydrogens is 441 g/mol. The van der Waals surface area contributed by atoms with Crippen LogP contribution in [0.2, 0.25) is 10.0 Å². The first kappa shape index (κ1) is 22.8. The molecule has 2 aromatic rings. The van der Waals surface area contributed by atoms with Crippen LogP contribution in [0.25, 0.3) is 0 Å². The maximum absolute atomic E-state index is 12.7. The quantitative estimate of drug-likeness (QED) is 0.710. The summed E-state index contributed by atoms with van der Waals surface area (Å²) in [6, 6.07) is 9.55. The number of rotatable bonds is 5. The molecule has 1 unspecified atom stereocenters. The Bertz CT molecular complexity index is 929. The zero-order valence-electron chi connectivity index (χ0n) is 17.0. The SMILES string of the molecule is CC(CNC(=O)NC(=O)c1ccccn1)C(=O)N1CCN(c2cc(Cl)cc(Cl)c2)CC1. The summed E-state index contributed by atoms with van der Waals surface area (Å²) in [7, 11) is 0. The summed E-state index contributed by atoms with van der Waals surface area (Å²) in [5.41, 5.74) is 1.06. The molecule has 0 aliphatic carbocycles. The number of anilines is 1. The summed E-state index contributed by atoms with van der Waals surface area (Å²) in [6.45, 7) is 4.27. The van der Waals surface area contributed by atoms with Gasteiger partial charge in [0.15, 0.2) is 0 Å². The minimum absolute atomic E-state index is 0.0554. The van der Waals surface area contributed by atoms with E-state index in [1.165, 1.54) is 12.3 Å². The fourth-order valence-electron chi connectivity index (χ4n) is 3.26. The number of halogens is 2.